The summed E-state index contributed by atoms with van der Waals surface area (Å²) in [5.74, 6) is 0.108. The van der Waals surface area contributed by atoms with E-state index in [4.69, 9.17) is 5.11 Å². The molecule has 3 heteroatoms. The van der Waals surface area contributed by atoms with Crippen LogP contribution < -0.4 is 5.32 Å². The first-order valence-corrected chi connectivity index (χ1v) is 4.68. The zero-order valence-electron chi connectivity index (χ0n) is 7.81. The molecule has 3 nitrogen and oxygen atoms in total. The molecule has 0 bridgehead atoms. The van der Waals surface area contributed by atoms with E-state index in [-0.39, 0.29) is 12.5 Å². The molecule has 72 valence electrons. The highest BCUT2D eigenvalue weighted by Gasteiger charge is 1.98. The van der Waals surface area contributed by atoms with Crippen LogP contribution >= 0.6 is 0 Å². The van der Waals surface area contributed by atoms with Crippen LogP contribution in [0.3, 0.4) is 0 Å². The predicted molar refractivity (Wildman–Crippen MR) is 48.9 cm³/mol. The van der Waals surface area contributed by atoms with E-state index in [2.05, 4.69) is 12.2 Å². The largest absolute Gasteiger partial charge is 0.396 e. The summed E-state index contributed by atoms with van der Waals surface area (Å²) in [4.78, 5) is 11.0. The Labute approximate surface area is 74.2 Å². The molecule has 0 radical (unpaired) electrons. The molecule has 2 N–H and O–H groups in total. The van der Waals surface area contributed by atoms with E-state index in [0.29, 0.717) is 19.4 Å². The number of aliphatic hydroxyl groups excluding tert-OH is 1. The number of hydrogen-bond donors (Lipinski definition) is 2. The number of amides is 1. The lowest BCUT2D eigenvalue weighted by molar-refractivity contribution is -0.121. The molecule has 0 aromatic carbocycles. The molecule has 0 saturated carbocycles. The lowest BCUT2D eigenvalue weighted by atomic mass is 10.2. The van der Waals surface area contributed by atoms with Crippen LogP contribution in [0.15, 0.2) is 0 Å². The summed E-state index contributed by atoms with van der Waals surface area (Å²) in [5, 5.41) is 11.2. The molecule has 12 heavy (non-hydrogen) atoms. The maximum absolute atomic E-state index is 11.0. The number of unbranched alkanes of at least 4 members (excludes halogenated alkanes) is 2. The van der Waals surface area contributed by atoms with Gasteiger partial charge in [0.25, 0.3) is 0 Å². The highest BCUT2D eigenvalue weighted by atomic mass is 16.3. The third kappa shape index (κ3) is 7.54. The van der Waals surface area contributed by atoms with Crippen LogP contribution in [-0.2, 0) is 4.79 Å². The number of rotatable bonds is 7. The second kappa shape index (κ2) is 8.53. The van der Waals surface area contributed by atoms with Gasteiger partial charge in [-0.15, -0.1) is 0 Å². The molecule has 0 fully saturated rings. The van der Waals surface area contributed by atoms with Gasteiger partial charge in [-0.2, -0.15) is 0 Å². The third-order valence-electron chi connectivity index (χ3n) is 1.66. The molecule has 0 aromatic heterocycles. The highest BCUT2D eigenvalue weighted by molar-refractivity contribution is 5.75. The van der Waals surface area contributed by atoms with Crippen LogP contribution in [0, 0.1) is 0 Å². The molecule has 0 unspecified atom stereocenters. The van der Waals surface area contributed by atoms with E-state index in [1.165, 1.54) is 0 Å². The van der Waals surface area contributed by atoms with Crippen LogP contribution in [0.2, 0.25) is 0 Å². The zero-order valence-corrected chi connectivity index (χ0v) is 7.81. The van der Waals surface area contributed by atoms with Crippen molar-refractivity contribution in [1.29, 1.82) is 0 Å². The van der Waals surface area contributed by atoms with Crippen molar-refractivity contribution in [3.8, 4) is 0 Å². The Morgan fingerprint density at radius 3 is 2.67 bits per heavy atom. The second-order valence-corrected chi connectivity index (χ2v) is 2.88. The lowest BCUT2D eigenvalue weighted by Crippen LogP contribution is -2.24. The molecule has 0 atom stereocenters. The molecular weight excluding hydrogens is 154 g/mol. The van der Waals surface area contributed by atoms with E-state index in [1.54, 1.807) is 0 Å². The summed E-state index contributed by atoms with van der Waals surface area (Å²) in [7, 11) is 0. The van der Waals surface area contributed by atoms with Gasteiger partial charge >= 0.3 is 0 Å². The molecule has 0 aliphatic heterocycles. The zero-order chi connectivity index (χ0) is 9.23. The van der Waals surface area contributed by atoms with Crippen molar-refractivity contribution in [3.63, 3.8) is 0 Å². The summed E-state index contributed by atoms with van der Waals surface area (Å²) >= 11 is 0. The fourth-order valence-electron chi connectivity index (χ4n) is 0.931. The summed E-state index contributed by atoms with van der Waals surface area (Å²) in [6, 6.07) is 0. The third-order valence-corrected chi connectivity index (χ3v) is 1.66. The summed E-state index contributed by atoms with van der Waals surface area (Å²) in [6.07, 6.45) is 4.51. The maximum atomic E-state index is 11.0. The van der Waals surface area contributed by atoms with Crippen LogP contribution in [0.25, 0.3) is 0 Å². The molecule has 0 aliphatic rings. The van der Waals surface area contributed by atoms with Gasteiger partial charge in [0, 0.05) is 19.6 Å². The van der Waals surface area contributed by atoms with Gasteiger partial charge in [-0.1, -0.05) is 19.8 Å². The number of hydrogen-bond acceptors (Lipinski definition) is 2. The van der Waals surface area contributed by atoms with Gasteiger partial charge < -0.3 is 10.4 Å². The monoisotopic (exact) mass is 173 g/mol. The Hall–Kier alpha value is -0.570. The molecule has 0 spiro atoms. The Balaban J connectivity index is 3.10. The molecule has 0 aromatic rings. The van der Waals surface area contributed by atoms with Gasteiger partial charge in [0.05, 0.1) is 0 Å². The maximum Gasteiger partial charge on any atom is 0.219 e. The standard InChI is InChI=1S/C9H19NO2/c1-2-3-4-6-9(12)10-7-5-8-11/h11H,2-8H2,1H3,(H,10,12). The van der Waals surface area contributed by atoms with Crippen molar-refractivity contribution in [3.05, 3.63) is 0 Å². The Kier molecular flexibility index (Phi) is 8.12. The Bertz CT molecular complexity index is 103. The predicted octanol–water partition coefficient (Wildman–Crippen LogP) is 1.07. The molecule has 1 amide bonds. The van der Waals surface area contributed by atoms with Crippen LogP contribution in [0.1, 0.15) is 39.0 Å². The quantitative estimate of drug-likeness (QED) is 0.566. The average Bonchev–Trinajstić information content (AvgIpc) is 2.06. The van der Waals surface area contributed by atoms with Crippen LogP contribution in [-0.4, -0.2) is 24.2 Å². The fraction of sp³-hybridized carbons (Fsp3) is 0.889. The minimum atomic E-state index is 0.108. The van der Waals surface area contributed by atoms with E-state index in [1.807, 2.05) is 0 Å². The smallest absolute Gasteiger partial charge is 0.219 e. The van der Waals surface area contributed by atoms with E-state index >= 15 is 0 Å². The van der Waals surface area contributed by atoms with Crippen molar-refractivity contribution in [2.24, 2.45) is 0 Å². The highest BCUT2D eigenvalue weighted by Crippen LogP contribution is 1.97. The molecule has 0 rings (SSSR count). The Morgan fingerprint density at radius 1 is 1.33 bits per heavy atom. The van der Waals surface area contributed by atoms with Gasteiger partial charge in [0.1, 0.15) is 0 Å². The van der Waals surface area contributed by atoms with Gasteiger partial charge in [-0.05, 0) is 12.8 Å². The van der Waals surface area contributed by atoms with Crippen LogP contribution in [0.4, 0.5) is 0 Å². The van der Waals surface area contributed by atoms with Crippen molar-refractivity contribution in [2.75, 3.05) is 13.2 Å². The van der Waals surface area contributed by atoms with Crippen molar-refractivity contribution >= 4 is 5.91 Å². The summed E-state index contributed by atoms with van der Waals surface area (Å²) in [5.41, 5.74) is 0. The normalized spacial score (nSPS) is 9.83. The van der Waals surface area contributed by atoms with Gasteiger partial charge in [0.2, 0.25) is 5.91 Å². The minimum absolute atomic E-state index is 0.108. The summed E-state index contributed by atoms with van der Waals surface area (Å²) < 4.78 is 0. The first-order valence-electron chi connectivity index (χ1n) is 4.68. The molecule has 0 heterocycles. The molecule has 0 aliphatic carbocycles. The first kappa shape index (κ1) is 11.4. The minimum Gasteiger partial charge on any atom is -0.396 e. The van der Waals surface area contributed by atoms with E-state index in [9.17, 15) is 4.79 Å². The van der Waals surface area contributed by atoms with Gasteiger partial charge in [-0.25, -0.2) is 0 Å². The molecular formula is C9H19NO2. The van der Waals surface area contributed by atoms with Crippen LogP contribution in [0.5, 0.6) is 0 Å². The SMILES string of the molecule is CCCCCC(=O)NCCCO. The van der Waals surface area contributed by atoms with Crippen molar-refractivity contribution in [2.45, 2.75) is 39.0 Å². The fourth-order valence-corrected chi connectivity index (χ4v) is 0.931. The van der Waals surface area contributed by atoms with Crippen molar-refractivity contribution < 1.29 is 9.90 Å². The number of aliphatic hydroxyl groups is 1. The number of carbonyl (C=O) groups excluding carboxylic acids is 1. The number of carbonyl (C=O) groups is 1. The first-order chi connectivity index (χ1) is 5.81. The Morgan fingerprint density at radius 2 is 2.08 bits per heavy atom. The average molecular weight is 173 g/mol. The van der Waals surface area contributed by atoms with Gasteiger partial charge in [0.15, 0.2) is 0 Å². The summed E-state index contributed by atoms with van der Waals surface area (Å²) in [6.45, 7) is 2.86. The second-order valence-electron chi connectivity index (χ2n) is 2.88. The van der Waals surface area contributed by atoms with Gasteiger partial charge in [-0.3, -0.25) is 4.79 Å². The number of nitrogens with one attached hydrogen (secondary N) is 1. The molecule has 0 saturated heterocycles. The van der Waals surface area contributed by atoms with Crippen molar-refractivity contribution in [1.82, 2.24) is 5.32 Å². The lowest BCUT2D eigenvalue weighted by Gasteiger charge is -2.02. The topological polar surface area (TPSA) is 49.3 Å². The van der Waals surface area contributed by atoms with E-state index < -0.39 is 0 Å². The van der Waals surface area contributed by atoms with E-state index in [0.717, 1.165) is 19.3 Å².